The van der Waals surface area contributed by atoms with Gasteiger partial charge in [0.15, 0.2) is 5.90 Å². The first-order valence-electron chi connectivity index (χ1n) is 7.25. The first kappa shape index (κ1) is 14.3. The molecule has 2 heteroatoms. The highest BCUT2D eigenvalue weighted by molar-refractivity contribution is 5.72. The molecule has 1 rings (SSSR count). The molecule has 0 atom stereocenters. The number of rotatable bonds is 0. The molecule has 98 valence electrons. The Kier molecular flexibility index (Phi) is 8.71. The molecule has 2 nitrogen and oxygen atoms in total. The number of nitrogens with one attached hydrogen (secondary N) is 1. The molecule has 0 aromatic rings. The Balaban J connectivity index is 2.18. The lowest BCUT2D eigenvalue weighted by molar-refractivity contribution is 0.280. The van der Waals surface area contributed by atoms with Crippen LogP contribution in [0.4, 0.5) is 0 Å². The molecule has 0 aromatic heterocycles. The Bertz CT molecular complexity index is 223. The molecular weight excluding hydrogens is 210 g/mol. The predicted octanol–water partition coefficient (Wildman–Crippen LogP) is 4.84. The van der Waals surface area contributed by atoms with Crippen LogP contribution in [0.1, 0.15) is 70.6 Å². The van der Waals surface area contributed by atoms with Crippen molar-refractivity contribution < 1.29 is 4.74 Å². The van der Waals surface area contributed by atoms with Crippen molar-refractivity contribution in [2.45, 2.75) is 70.6 Å². The molecule has 1 aliphatic heterocycles. The molecule has 17 heavy (non-hydrogen) atoms. The van der Waals surface area contributed by atoms with Crippen LogP contribution in [-0.2, 0) is 4.74 Å². The fraction of sp³-hybridized carbons (Fsp3) is 0.800. The summed E-state index contributed by atoms with van der Waals surface area (Å²) in [5, 5.41) is 7.66. The average Bonchev–Trinajstić information content (AvgIpc) is 2.32. The molecule has 0 unspecified atom stereocenters. The minimum Gasteiger partial charge on any atom is -0.481 e. The van der Waals surface area contributed by atoms with Crippen LogP contribution in [0.3, 0.4) is 0 Å². The zero-order chi connectivity index (χ0) is 12.2. The van der Waals surface area contributed by atoms with Gasteiger partial charge in [-0.25, -0.2) is 0 Å². The minimum atomic E-state index is 0.497. The fourth-order valence-corrected chi connectivity index (χ4v) is 2.12. The lowest BCUT2D eigenvalue weighted by Crippen LogP contribution is -2.04. The van der Waals surface area contributed by atoms with Gasteiger partial charge in [0.1, 0.15) is 0 Å². The van der Waals surface area contributed by atoms with E-state index in [4.69, 9.17) is 10.1 Å². The minimum absolute atomic E-state index is 0.497. The maximum atomic E-state index is 7.66. The summed E-state index contributed by atoms with van der Waals surface area (Å²) in [6.45, 7) is 0.739. The molecule has 0 fully saturated rings. The maximum Gasteiger partial charge on any atom is 0.180 e. The Morgan fingerprint density at radius 1 is 0.765 bits per heavy atom. The van der Waals surface area contributed by atoms with E-state index in [0.717, 1.165) is 25.9 Å². The van der Waals surface area contributed by atoms with Crippen LogP contribution < -0.4 is 0 Å². The second-order valence-corrected chi connectivity index (χ2v) is 4.90. The van der Waals surface area contributed by atoms with Gasteiger partial charge in [0, 0.05) is 6.42 Å². The van der Waals surface area contributed by atoms with Gasteiger partial charge in [-0.15, -0.1) is 0 Å². The lowest BCUT2D eigenvalue weighted by atomic mass is 10.1. The number of hydrogen-bond donors (Lipinski definition) is 1. The Labute approximate surface area is 106 Å². The summed E-state index contributed by atoms with van der Waals surface area (Å²) >= 11 is 0. The number of hydrogen-bond acceptors (Lipinski definition) is 2. The van der Waals surface area contributed by atoms with Crippen molar-refractivity contribution >= 4 is 5.90 Å². The van der Waals surface area contributed by atoms with E-state index in [0.29, 0.717) is 5.90 Å². The van der Waals surface area contributed by atoms with E-state index in [1.165, 1.54) is 51.4 Å². The topological polar surface area (TPSA) is 33.1 Å². The van der Waals surface area contributed by atoms with Crippen LogP contribution in [0.2, 0.25) is 0 Å². The number of ether oxygens (including phenoxy) is 1. The zero-order valence-electron chi connectivity index (χ0n) is 11.0. The first-order valence-corrected chi connectivity index (χ1v) is 7.25. The van der Waals surface area contributed by atoms with Crippen LogP contribution in [0.15, 0.2) is 12.2 Å². The van der Waals surface area contributed by atoms with Crippen LogP contribution in [0, 0.1) is 5.41 Å². The Morgan fingerprint density at radius 3 is 2.12 bits per heavy atom. The highest BCUT2D eigenvalue weighted by Gasteiger charge is 1.99. The Hall–Kier alpha value is -0.790. The molecule has 0 saturated heterocycles. The molecule has 0 spiro atoms. The monoisotopic (exact) mass is 237 g/mol. The molecule has 0 aromatic carbocycles. The molecule has 1 N–H and O–H groups in total. The zero-order valence-corrected chi connectivity index (χ0v) is 11.0. The molecule has 0 bridgehead atoms. The van der Waals surface area contributed by atoms with E-state index in [1.807, 2.05) is 0 Å². The summed E-state index contributed by atoms with van der Waals surface area (Å²) in [7, 11) is 0. The molecule has 1 heterocycles. The molecule has 0 aliphatic carbocycles. The summed E-state index contributed by atoms with van der Waals surface area (Å²) in [6.07, 6.45) is 17.9. The van der Waals surface area contributed by atoms with Gasteiger partial charge in [-0.1, -0.05) is 31.4 Å². The van der Waals surface area contributed by atoms with E-state index < -0.39 is 0 Å². The SMILES string of the molecule is N=C1CCCCCCC/C=C/CCCCCO1. The van der Waals surface area contributed by atoms with Crippen molar-refractivity contribution in [1.82, 2.24) is 0 Å². The Morgan fingerprint density at radius 2 is 1.35 bits per heavy atom. The largest absolute Gasteiger partial charge is 0.481 e. The van der Waals surface area contributed by atoms with Gasteiger partial charge in [0.2, 0.25) is 0 Å². The van der Waals surface area contributed by atoms with Crippen molar-refractivity contribution in [2.24, 2.45) is 0 Å². The van der Waals surface area contributed by atoms with Crippen LogP contribution >= 0.6 is 0 Å². The molecule has 1 aliphatic rings. The van der Waals surface area contributed by atoms with Crippen molar-refractivity contribution in [2.75, 3.05) is 6.61 Å². The highest BCUT2D eigenvalue weighted by atomic mass is 16.5. The van der Waals surface area contributed by atoms with Crippen LogP contribution in [-0.4, -0.2) is 12.5 Å². The van der Waals surface area contributed by atoms with Gasteiger partial charge in [-0.3, -0.25) is 5.41 Å². The van der Waals surface area contributed by atoms with Crippen molar-refractivity contribution in [3.05, 3.63) is 12.2 Å². The van der Waals surface area contributed by atoms with E-state index in [2.05, 4.69) is 12.2 Å². The second kappa shape index (κ2) is 10.4. The average molecular weight is 237 g/mol. The molecule has 0 saturated carbocycles. The predicted molar refractivity (Wildman–Crippen MR) is 73.6 cm³/mol. The van der Waals surface area contributed by atoms with Gasteiger partial charge in [0.25, 0.3) is 0 Å². The lowest BCUT2D eigenvalue weighted by Gasteiger charge is -2.07. The van der Waals surface area contributed by atoms with Gasteiger partial charge in [-0.2, -0.15) is 0 Å². The first-order chi connectivity index (χ1) is 8.39. The van der Waals surface area contributed by atoms with E-state index in [-0.39, 0.29) is 0 Å². The quantitative estimate of drug-likeness (QED) is 0.601. The van der Waals surface area contributed by atoms with Gasteiger partial charge in [-0.05, 0) is 44.9 Å². The van der Waals surface area contributed by atoms with Gasteiger partial charge < -0.3 is 4.74 Å². The standard InChI is InChI=1S/C15H27NO/c16-15-13-11-9-7-5-3-1-2-4-6-8-10-12-14-17-15/h2,4,16H,1,3,5-14H2/b4-2+,16-15?. The third-order valence-corrected chi connectivity index (χ3v) is 3.23. The maximum absolute atomic E-state index is 7.66. The summed E-state index contributed by atoms with van der Waals surface area (Å²) in [4.78, 5) is 0. The summed E-state index contributed by atoms with van der Waals surface area (Å²) in [5.74, 6) is 0.497. The molecule has 0 radical (unpaired) electrons. The highest BCUT2D eigenvalue weighted by Crippen LogP contribution is 2.10. The molecular formula is C15H27NO. The summed E-state index contributed by atoms with van der Waals surface area (Å²) < 4.78 is 5.41. The smallest absolute Gasteiger partial charge is 0.180 e. The van der Waals surface area contributed by atoms with Crippen molar-refractivity contribution in [1.29, 1.82) is 5.41 Å². The van der Waals surface area contributed by atoms with Crippen molar-refractivity contribution in [3.8, 4) is 0 Å². The van der Waals surface area contributed by atoms with Crippen molar-refractivity contribution in [3.63, 3.8) is 0 Å². The van der Waals surface area contributed by atoms with E-state index in [9.17, 15) is 0 Å². The van der Waals surface area contributed by atoms with E-state index in [1.54, 1.807) is 0 Å². The van der Waals surface area contributed by atoms with E-state index >= 15 is 0 Å². The fourth-order valence-electron chi connectivity index (χ4n) is 2.12. The molecule has 0 amide bonds. The van der Waals surface area contributed by atoms with Crippen LogP contribution in [0.5, 0.6) is 0 Å². The summed E-state index contributed by atoms with van der Waals surface area (Å²) in [5.41, 5.74) is 0. The third kappa shape index (κ3) is 8.96. The van der Waals surface area contributed by atoms with Gasteiger partial charge >= 0.3 is 0 Å². The van der Waals surface area contributed by atoms with Gasteiger partial charge in [0.05, 0.1) is 6.61 Å². The second-order valence-electron chi connectivity index (χ2n) is 4.90. The normalized spacial score (nSPS) is 23.9. The number of allylic oxidation sites excluding steroid dienone is 2. The third-order valence-electron chi connectivity index (χ3n) is 3.23. The van der Waals surface area contributed by atoms with Crippen LogP contribution in [0.25, 0.3) is 0 Å². The summed E-state index contributed by atoms with van der Waals surface area (Å²) in [6, 6.07) is 0.